The zero-order chi connectivity index (χ0) is 11.5. The highest BCUT2D eigenvalue weighted by atomic mass is 19.1. The lowest BCUT2D eigenvalue weighted by molar-refractivity contribution is 0.203. The molecule has 0 bridgehead atoms. The molecule has 0 saturated carbocycles. The minimum Gasteiger partial charge on any atom is -0.397 e. The van der Waals surface area contributed by atoms with E-state index < -0.39 is 0 Å². The second-order valence-electron chi connectivity index (χ2n) is 4.32. The van der Waals surface area contributed by atoms with Crippen molar-refractivity contribution in [2.24, 2.45) is 5.92 Å². The summed E-state index contributed by atoms with van der Waals surface area (Å²) in [6, 6.07) is 4.52. The third-order valence-electron chi connectivity index (χ3n) is 3.20. The molecule has 0 aliphatic carbocycles. The van der Waals surface area contributed by atoms with Crippen LogP contribution in [0.4, 0.5) is 15.8 Å². The molecule has 4 heteroatoms. The number of nitrogens with zero attached hydrogens (tertiary/aromatic N) is 1. The summed E-state index contributed by atoms with van der Waals surface area (Å²) in [6.45, 7) is 2.01. The topological polar surface area (TPSA) is 49.5 Å². The van der Waals surface area contributed by atoms with Gasteiger partial charge in [-0.3, -0.25) is 0 Å². The standard InChI is InChI=1S/C12H17FN2O/c13-10-1-2-12(11(14)7-10)15-5-3-9(8-16)4-6-15/h1-2,7,9,16H,3-6,8,14H2. The lowest BCUT2D eigenvalue weighted by Gasteiger charge is -2.33. The highest BCUT2D eigenvalue weighted by molar-refractivity contribution is 5.67. The Labute approximate surface area is 94.7 Å². The van der Waals surface area contributed by atoms with Crippen LogP contribution in [-0.4, -0.2) is 24.8 Å². The predicted octanol–water partition coefficient (Wildman–Crippen LogP) is 1.62. The van der Waals surface area contributed by atoms with Crippen molar-refractivity contribution in [2.75, 3.05) is 30.3 Å². The molecule has 16 heavy (non-hydrogen) atoms. The van der Waals surface area contributed by atoms with E-state index in [-0.39, 0.29) is 12.4 Å². The Morgan fingerprint density at radius 3 is 2.62 bits per heavy atom. The number of nitrogen functional groups attached to an aromatic ring is 1. The molecule has 2 rings (SSSR count). The van der Waals surface area contributed by atoms with Crippen LogP contribution < -0.4 is 10.6 Å². The van der Waals surface area contributed by atoms with Gasteiger partial charge in [-0.2, -0.15) is 0 Å². The van der Waals surface area contributed by atoms with Gasteiger partial charge in [0.05, 0.1) is 11.4 Å². The number of benzene rings is 1. The van der Waals surface area contributed by atoms with Gasteiger partial charge in [0.15, 0.2) is 0 Å². The maximum atomic E-state index is 12.9. The highest BCUT2D eigenvalue weighted by Gasteiger charge is 2.19. The van der Waals surface area contributed by atoms with E-state index in [4.69, 9.17) is 10.8 Å². The molecule has 0 atom stereocenters. The summed E-state index contributed by atoms with van der Waals surface area (Å²) in [5, 5.41) is 9.05. The van der Waals surface area contributed by atoms with Gasteiger partial charge in [-0.15, -0.1) is 0 Å². The van der Waals surface area contributed by atoms with Crippen molar-refractivity contribution in [1.29, 1.82) is 0 Å². The average molecular weight is 224 g/mol. The minimum absolute atomic E-state index is 0.257. The average Bonchev–Trinajstić information content (AvgIpc) is 2.29. The second-order valence-corrected chi connectivity index (χ2v) is 4.32. The van der Waals surface area contributed by atoms with Crippen molar-refractivity contribution in [3.05, 3.63) is 24.0 Å². The van der Waals surface area contributed by atoms with Gasteiger partial charge in [0.1, 0.15) is 5.82 Å². The quantitative estimate of drug-likeness (QED) is 0.750. The molecular formula is C12H17FN2O. The van der Waals surface area contributed by atoms with Crippen LogP contribution in [0, 0.1) is 11.7 Å². The van der Waals surface area contributed by atoms with Gasteiger partial charge in [-0.25, -0.2) is 4.39 Å². The summed E-state index contributed by atoms with van der Waals surface area (Å²) in [5.41, 5.74) is 7.18. The fraction of sp³-hybridized carbons (Fsp3) is 0.500. The van der Waals surface area contributed by atoms with Gasteiger partial charge >= 0.3 is 0 Å². The van der Waals surface area contributed by atoms with Gasteiger partial charge < -0.3 is 15.7 Å². The maximum Gasteiger partial charge on any atom is 0.125 e. The van der Waals surface area contributed by atoms with Gasteiger partial charge in [-0.1, -0.05) is 0 Å². The Bertz CT molecular complexity index is 362. The largest absolute Gasteiger partial charge is 0.397 e. The lowest BCUT2D eigenvalue weighted by Crippen LogP contribution is -2.35. The zero-order valence-corrected chi connectivity index (χ0v) is 9.19. The molecule has 1 fully saturated rings. The van der Waals surface area contributed by atoms with Gasteiger partial charge in [-0.05, 0) is 37.0 Å². The van der Waals surface area contributed by atoms with Crippen molar-refractivity contribution in [2.45, 2.75) is 12.8 Å². The van der Waals surface area contributed by atoms with E-state index in [1.54, 1.807) is 6.07 Å². The SMILES string of the molecule is Nc1cc(F)ccc1N1CCC(CO)CC1. The fourth-order valence-electron chi connectivity index (χ4n) is 2.17. The first kappa shape index (κ1) is 11.2. The third kappa shape index (κ3) is 2.27. The Hall–Kier alpha value is -1.29. The van der Waals surface area contributed by atoms with E-state index in [9.17, 15) is 4.39 Å². The summed E-state index contributed by atoms with van der Waals surface area (Å²) in [4.78, 5) is 2.15. The highest BCUT2D eigenvalue weighted by Crippen LogP contribution is 2.28. The van der Waals surface area contributed by atoms with E-state index in [2.05, 4.69) is 4.90 Å². The number of nitrogens with two attached hydrogens (primary N) is 1. The van der Waals surface area contributed by atoms with Crippen molar-refractivity contribution >= 4 is 11.4 Å². The van der Waals surface area contributed by atoms with Crippen LogP contribution in [0.15, 0.2) is 18.2 Å². The van der Waals surface area contributed by atoms with E-state index in [0.717, 1.165) is 31.6 Å². The zero-order valence-electron chi connectivity index (χ0n) is 9.19. The van der Waals surface area contributed by atoms with Crippen molar-refractivity contribution in [3.8, 4) is 0 Å². The van der Waals surface area contributed by atoms with Crippen molar-refractivity contribution in [1.82, 2.24) is 0 Å². The van der Waals surface area contributed by atoms with Gasteiger partial charge in [0, 0.05) is 19.7 Å². The monoisotopic (exact) mass is 224 g/mol. The Kier molecular flexibility index (Phi) is 3.29. The first-order valence-corrected chi connectivity index (χ1v) is 5.61. The molecule has 0 aromatic heterocycles. The molecule has 1 saturated heterocycles. The lowest BCUT2D eigenvalue weighted by atomic mass is 9.97. The molecule has 1 aromatic carbocycles. The Morgan fingerprint density at radius 1 is 1.38 bits per heavy atom. The number of hydrogen-bond donors (Lipinski definition) is 2. The van der Waals surface area contributed by atoms with E-state index in [1.807, 2.05) is 0 Å². The second kappa shape index (κ2) is 4.70. The molecule has 3 nitrogen and oxygen atoms in total. The van der Waals surface area contributed by atoms with E-state index >= 15 is 0 Å². The number of halogens is 1. The number of aliphatic hydroxyl groups is 1. The van der Waals surface area contributed by atoms with Gasteiger partial charge in [0.25, 0.3) is 0 Å². The molecule has 0 unspecified atom stereocenters. The van der Waals surface area contributed by atoms with Crippen molar-refractivity contribution in [3.63, 3.8) is 0 Å². The van der Waals surface area contributed by atoms with Crippen molar-refractivity contribution < 1.29 is 9.50 Å². The Morgan fingerprint density at radius 2 is 2.06 bits per heavy atom. The summed E-state index contributed by atoms with van der Waals surface area (Å²) in [6.07, 6.45) is 1.93. The fourth-order valence-corrected chi connectivity index (χ4v) is 2.17. The molecular weight excluding hydrogens is 207 g/mol. The maximum absolute atomic E-state index is 12.9. The van der Waals surface area contributed by atoms with Crippen LogP contribution in [0.25, 0.3) is 0 Å². The first-order valence-electron chi connectivity index (χ1n) is 5.61. The van der Waals surface area contributed by atoms with Crippen LogP contribution in [0.3, 0.4) is 0 Å². The van der Waals surface area contributed by atoms with Gasteiger partial charge in [0.2, 0.25) is 0 Å². The molecule has 0 spiro atoms. The van der Waals surface area contributed by atoms with Crippen LogP contribution in [0.2, 0.25) is 0 Å². The summed E-state index contributed by atoms with van der Waals surface area (Å²) in [5.74, 6) is 0.101. The van der Waals surface area contributed by atoms with Crippen LogP contribution in [0.1, 0.15) is 12.8 Å². The molecule has 3 N–H and O–H groups in total. The van der Waals surface area contributed by atoms with E-state index in [1.165, 1.54) is 12.1 Å². The smallest absolute Gasteiger partial charge is 0.125 e. The number of piperidine rings is 1. The number of rotatable bonds is 2. The third-order valence-corrected chi connectivity index (χ3v) is 3.20. The molecule has 0 radical (unpaired) electrons. The molecule has 88 valence electrons. The minimum atomic E-state index is -0.300. The van der Waals surface area contributed by atoms with Crippen LogP contribution in [0.5, 0.6) is 0 Å². The Balaban J connectivity index is 2.08. The number of aliphatic hydroxyl groups excluding tert-OH is 1. The molecule has 1 aromatic rings. The molecule has 1 heterocycles. The molecule has 1 aliphatic rings. The first-order chi connectivity index (χ1) is 7.70. The number of hydrogen-bond acceptors (Lipinski definition) is 3. The van der Waals surface area contributed by atoms with Crippen LogP contribution in [-0.2, 0) is 0 Å². The summed E-state index contributed by atoms with van der Waals surface area (Å²) >= 11 is 0. The van der Waals surface area contributed by atoms with Crippen LogP contribution >= 0.6 is 0 Å². The number of anilines is 2. The normalized spacial score (nSPS) is 17.8. The predicted molar refractivity (Wildman–Crippen MR) is 62.8 cm³/mol. The molecule has 0 amide bonds. The summed E-state index contributed by atoms with van der Waals surface area (Å²) in [7, 11) is 0. The summed E-state index contributed by atoms with van der Waals surface area (Å²) < 4.78 is 12.9. The molecule has 1 aliphatic heterocycles. The van der Waals surface area contributed by atoms with E-state index in [0.29, 0.717) is 11.6 Å².